The van der Waals surface area contributed by atoms with Gasteiger partial charge in [-0.25, -0.2) is 13.4 Å². The molecule has 1 aromatic rings. The van der Waals surface area contributed by atoms with Gasteiger partial charge in [-0.15, -0.1) is 0 Å². The highest BCUT2D eigenvalue weighted by atomic mass is 32.2. The van der Waals surface area contributed by atoms with Crippen LogP contribution in [0.25, 0.3) is 0 Å². The largest absolute Gasteiger partial charge is 0.383 e. The maximum Gasteiger partial charge on any atom is 0.262 e. The van der Waals surface area contributed by atoms with Crippen LogP contribution in [0, 0.1) is 5.92 Å². The second kappa shape index (κ2) is 6.54. The van der Waals surface area contributed by atoms with E-state index in [2.05, 4.69) is 17.2 Å². The molecule has 1 aliphatic rings. The molecule has 0 unspecified atom stereocenters. The van der Waals surface area contributed by atoms with Gasteiger partial charge in [0, 0.05) is 25.8 Å². The van der Waals surface area contributed by atoms with Crippen molar-refractivity contribution < 1.29 is 8.42 Å². The van der Waals surface area contributed by atoms with Crippen LogP contribution in [0.3, 0.4) is 0 Å². The Morgan fingerprint density at radius 2 is 2.05 bits per heavy atom. The van der Waals surface area contributed by atoms with Crippen molar-refractivity contribution in [3.8, 4) is 0 Å². The van der Waals surface area contributed by atoms with Gasteiger partial charge in [0.2, 0.25) is 0 Å². The van der Waals surface area contributed by atoms with Gasteiger partial charge in [0.15, 0.2) is 5.03 Å². The van der Waals surface area contributed by atoms with Gasteiger partial charge in [0.25, 0.3) is 10.0 Å². The lowest BCUT2D eigenvalue weighted by Gasteiger charge is -2.30. The van der Waals surface area contributed by atoms with E-state index in [1.807, 2.05) is 6.92 Å². The fraction of sp³-hybridized carbons (Fsp3) is 0.643. The van der Waals surface area contributed by atoms with E-state index >= 15 is 0 Å². The van der Waals surface area contributed by atoms with Crippen LogP contribution in [-0.4, -0.2) is 37.3 Å². The molecule has 2 rings (SSSR count). The highest BCUT2D eigenvalue weighted by Gasteiger charge is 2.31. The monoisotopic (exact) mass is 297 g/mol. The lowest BCUT2D eigenvalue weighted by Crippen LogP contribution is -2.39. The molecule has 5 nitrogen and oxygen atoms in total. The SMILES string of the molecule is CCNc1cccnc1S(=O)(=O)N1CCC(CC)CC1. The van der Waals surface area contributed by atoms with E-state index in [0.29, 0.717) is 31.2 Å². The summed E-state index contributed by atoms with van der Waals surface area (Å²) in [5.74, 6) is 0.651. The van der Waals surface area contributed by atoms with Crippen LogP contribution >= 0.6 is 0 Å². The van der Waals surface area contributed by atoms with Gasteiger partial charge in [-0.05, 0) is 37.8 Å². The van der Waals surface area contributed by atoms with E-state index in [4.69, 9.17) is 0 Å². The van der Waals surface area contributed by atoms with Crippen molar-refractivity contribution in [3.63, 3.8) is 0 Å². The summed E-state index contributed by atoms with van der Waals surface area (Å²) in [4.78, 5) is 4.09. The van der Waals surface area contributed by atoms with E-state index in [9.17, 15) is 8.42 Å². The first-order valence-electron chi connectivity index (χ1n) is 7.28. The van der Waals surface area contributed by atoms with E-state index in [-0.39, 0.29) is 5.03 Å². The summed E-state index contributed by atoms with van der Waals surface area (Å²) in [5, 5.41) is 3.22. The third-order valence-corrected chi connectivity index (χ3v) is 5.73. The number of nitrogens with one attached hydrogen (secondary N) is 1. The summed E-state index contributed by atoms with van der Waals surface area (Å²) in [5.41, 5.74) is 0.590. The van der Waals surface area contributed by atoms with Gasteiger partial charge in [0.05, 0.1) is 5.69 Å². The first-order valence-corrected chi connectivity index (χ1v) is 8.72. The molecule has 1 aromatic heterocycles. The number of piperidine rings is 1. The van der Waals surface area contributed by atoms with Crippen molar-refractivity contribution in [1.29, 1.82) is 0 Å². The number of nitrogens with zero attached hydrogens (tertiary/aromatic N) is 2. The Morgan fingerprint density at radius 3 is 2.65 bits per heavy atom. The molecule has 2 heterocycles. The average molecular weight is 297 g/mol. The Labute approximate surface area is 121 Å². The van der Waals surface area contributed by atoms with Gasteiger partial charge < -0.3 is 5.32 Å². The smallest absolute Gasteiger partial charge is 0.262 e. The minimum atomic E-state index is -3.49. The molecule has 1 fully saturated rings. The second-order valence-corrected chi connectivity index (χ2v) is 7.00. The molecule has 1 N–H and O–H groups in total. The number of aromatic nitrogens is 1. The van der Waals surface area contributed by atoms with Gasteiger partial charge in [0.1, 0.15) is 0 Å². The van der Waals surface area contributed by atoms with Gasteiger partial charge in [-0.1, -0.05) is 13.3 Å². The predicted octanol–water partition coefficient (Wildman–Crippen LogP) is 2.32. The maximum atomic E-state index is 12.7. The van der Waals surface area contributed by atoms with E-state index in [1.165, 1.54) is 6.20 Å². The molecule has 1 saturated heterocycles. The van der Waals surface area contributed by atoms with E-state index in [0.717, 1.165) is 19.3 Å². The van der Waals surface area contributed by atoms with Gasteiger partial charge >= 0.3 is 0 Å². The molecule has 0 saturated carbocycles. The molecule has 1 aliphatic heterocycles. The molecule has 6 heteroatoms. The van der Waals surface area contributed by atoms with Crippen LogP contribution in [0.5, 0.6) is 0 Å². The van der Waals surface area contributed by atoms with Crippen LogP contribution in [0.2, 0.25) is 0 Å². The number of hydrogen-bond donors (Lipinski definition) is 1. The number of anilines is 1. The van der Waals surface area contributed by atoms with Crippen molar-refractivity contribution in [2.24, 2.45) is 5.92 Å². The zero-order valence-corrected chi connectivity index (χ0v) is 13.0. The lowest BCUT2D eigenvalue weighted by molar-refractivity contribution is 0.268. The van der Waals surface area contributed by atoms with Gasteiger partial charge in [-0.2, -0.15) is 4.31 Å². The number of hydrogen-bond acceptors (Lipinski definition) is 4. The Kier molecular flexibility index (Phi) is 4.99. The Bertz CT molecular complexity index is 537. The zero-order chi connectivity index (χ0) is 14.6. The summed E-state index contributed by atoms with van der Waals surface area (Å²) < 4.78 is 27.0. The van der Waals surface area contributed by atoms with Crippen molar-refractivity contribution in [1.82, 2.24) is 9.29 Å². The molecule has 112 valence electrons. The molecule has 20 heavy (non-hydrogen) atoms. The molecule has 0 atom stereocenters. The summed E-state index contributed by atoms with van der Waals surface area (Å²) in [7, 11) is -3.49. The second-order valence-electron chi connectivity index (χ2n) is 5.14. The summed E-state index contributed by atoms with van der Waals surface area (Å²) >= 11 is 0. The minimum Gasteiger partial charge on any atom is -0.383 e. The summed E-state index contributed by atoms with van der Waals surface area (Å²) in [6.07, 6.45) is 4.55. The molecule has 0 radical (unpaired) electrons. The molecule has 0 spiro atoms. The molecule has 0 bridgehead atoms. The molecular weight excluding hydrogens is 274 g/mol. The van der Waals surface area contributed by atoms with Crippen molar-refractivity contribution in [3.05, 3.63) is 18.3 Å². The average Bonchev–Trinajstić information content (AvgIpc) is 2.48. The maximum absolute atomic E-state index is 12.7. The number of rotatable bonds is 5. The van der Waals surface area contributed by atoms with Crippen molar-refractivity contribution in [2.45, 2.75) is 38.1 Å². The third-order valence-electron chi connectivity index (χ3n) is 3.87. The summed E-state index contributed by atoms with van der Waals surface area (Å²) in [6, 6.07) is 3.52. The summed E-state index contributed by atoms with van der Waals surface area (Å²) in [6.45, 7) is 5.98. The predicted molar refractivity (Wildman–Crippen MR) is 80.2 cm³/mol. The standard InChI is InChI=1S/C14H23N3O2S/c1-3-12-7-10-17(11-8-12)20(18,19)14-13(15-4-2)6-5-9-16-14/h5-6,9,12,15H,3-4,7-8,10-11H2,1-2H3. The topological polar surface area (TPSA) is 62.3 Å². The first-order chi connectivity index (χ1) is 9.59. The fourth-order valence-electron chi connectivity index (χ4n) is 2.60. The molecule has 0 aromatic carbocycles. The minimum absolute atomic E-state index is 0.150. The van der Waals surface area contributed by atoms with Crippen LogP contribution < -0.4 is 5.32 Å². The normalized spacial score (nSPS) is 18.1. The van der Waals surface area contributed by atoms with Crippen LogP contribution in [0.1, 0.15) is 33.1 Å². The third kappa shape index (κ3) is 3.12. The van der Waals surface area contributed by atoms with E-state index < -0.39 is 10.0 Å². The van der Waals surface area contributed by atoms with E-state index in [1.54, 1.807) is 16.4 Å². The Balaban J connectivity index is 2.23. The van der Waals surface area contributed by atoms with Crippen molar-refractivity contribution >= 4 is 15.7 Å². The van der Waals surface area contributed by atoms with Crippen LogP contribution in [-0.2, 0) is 10.0 Å². The lowest BCUT2D eigenvalue weighted by atomic mass is 9.96. The highest BCUT2D eigenvalue weighted by molar-refractivity contribution is 7.89. The zero-order valence-electron chi connectivity index (χ0n) is 12.2. The van der Waals surface area contributed by atoms with Crippen LogP contribution in [0.15, 0.2) is 23.4 Å². The molecular formula is C14H23N3O2S. The molecule has 0 amide bonds. The number of pyridine rings is 1. The Morgan fingerprint density at radius 1 is 1.35 bits per heavy atom. The van der Waals surface area contributed by atoms with Crippen molar-refractivity contribution in [2.75, 3.05) is 25.0 Å². The van der Waals surface area contributed by atoms with Crippen LogP contribution in [0.4, 0.5) is 5.69 Å². The number of sulfonamides is 1. The quantitative estimate of drug-likeness (QED) is 0.906. The molecule has 0 aliphatic carbocycles. The highest BCUT2D eigenvalue weighted by Crippen LogP contribution is 2.27. The van der Waals surface area contributed by atoms with Gasteiger partial charge in [-0.3, -0.25) is 0 Å². The fourth-order valence-corrected chi connectivity index (χ4v) is 4.15. The Hall–Kier alpha value is -1.14. The first kappa shape index (κ1) is 15.3.